The molecule has 2 heterocycles. The number of imidazole rings is 1. The molecule has 2 aromatic heterocycles. The second-order valence-electron chi connectivity index (χ2n) is 5.84. The summed E-state index contributed by atoms with van der Waals surface area (Å²) in [5.74, 6) is 0.369. The first-order valence-electron chi connectivity index (χ1n) is 8.14. The Labute approximate surface area is 150 Å². The fraction of sp³-hybridized carbons (Fsp3) is 0.222. The van der Waals surface area contributed by atoms with E-state index in [2.05, 4.69) is 25.8 Å². The third-order valence-corrected chi connectivity index (χ3v) is 3.74. The molecule has 2 amide bonds. The van der Waals surface area contributed by atoms with Crippen LogP contribution in [0.5, 0.6) is 0 Å². The molecule has 0 aliphatic carbocycles. The van der Waals surface area contributed by atoms with Crippen molar-refractivity contribution in [2.24, 2.45) is 0 Å². The molecule has 0 bridgehead atoms. The number of aromatic nitrogens is 3. The number of carbonyl (C=O) groups excluding carboxylic acids is 2. The maximum absolute atomic E-state index is 12.0. The highest BCUT2D eigenvalue weighted by atomic mass is 16.5. The van der Waals surface area contributed by atoms with Crippen LogP contribution in [0.2, 0.25) is 0 Å². The molecule has 0 spiro atoms. The maximum atomic E-state index is 12.0. The highest BCUT2D eigenvalue weighted by Gasteiger charge is 2.16. The summed E-state index contributed by atoms with van der Waals surface area (Å²) in [6.45, 7) is 3.33. The predicted molar refractivity (Wildman–Crippen MR) is 94.2 cm³/mol. The molecule has 0 aliphatic rings. The van der Waals surface area contributed by atoms with Crippen LogP contribution in [0, 0.1) is 6.92 Å². The maximum Gasteiger partial charge on any atom is 0.273 e. The molecule has 8 nitrogen and oxygen atoms in total. The number of hydrogen-bond acceptors (Lipinski definition) is 5. The summed E-state index contributed by atoms with van der Waals surface area (Å²) in [6, 6.07) is 11.0. The molecule has 134 valence electrons. The number of aromatic amines is 1. The van der Waals surface area contributed by atoms with Crippen molar-refractivity contribution in [2.75, 3.05) is 6.54 Å². The summed E-state index contributed by atoms with van der Waals surface area (Å²) in [4.78, 5) is 31.4. The monoisotopic (exact) mass is 353 g/mol. The molecule has 1 atom stereocenters. The van der Waals surface area contributed by atoms with Crippen LogP contribution < -0.4 is 10.6 Å². The topological polar surface area (TPSA) is 113 Å². The van der Waals surface area contributed by atoms with Gasteiger partial charge in [-0.3, -0.25) is 9.59 Å². The summed E-state index contributed by atoms with van der Waals surface area (Å²) in [6.07, 6.45) is 1.72. The number of hydrogen-bond donors (Lipinski definition) is 3. The normalized spacial score (nSPS) is 11.8. The van der Waals surface area contributed by atoms with E-state index in [0.29, 0.717) is 11.6 Å². The number of nitrogens with one attached hydrogen (secondary N) is 3. The van der Waals surface area contributed by atoms with Crippen molar-refractivity contribution in [3.05, 3.63) is 59.9 Å². The van der Waals surface area contributed by atoms with Gasteiger partial charge in [0, 0.05) is 6.07 Å². The number of H-pyrrole nitrogens is 1. The van der Waals surface area contributed by atoms with Gasteiger partial charge in [0.25, 0.3) is 5.91 Å². The van der Waals surface area contributed by atoms with Gasteiger partial charge < -0.3 is 20.1 Å². The smallest absolute Gasteiger partial charge is 0.273 e. The van der Waals surface area contributed by atoms with E-state index in [1.807, 2.05) is 37.3 Å². The van der Waals surface area contributed by atoms with Crippen LogP contribution in [0.3, 0.4) is 0 Å². The zero-order chi connectivity index (χ0) is 18.5. The molecule has 0 saturated heterocycles. The Bertz CT molecular complexity index is 900. The lowest BCUT2D eigenvalue weighted by molar-refractivity contribution is -0.120. The first kappa shape index (κ1) is 17.4. The van der Waals surface area contributed by atoms with Crippen molar-refractivity contribution in [2.45, 2.75) is 19.9 Å². The highest BCUT2D eigenvalue weighted by molar-refractivity contribution is 5.94. The zero-order valence-corrected chi connectivity index (χ0v) is 14.4. The van der Waals surface area contributed by atoms with Gasteiger partial charge in [-0.25, -0.2) is 4.98 Å². The molecule has 8 heteroatoms. The summed E-state index contributed by atoms with van der Waals surface area (Å²) < 4.78 is 4.83. The van der Waals surface area contributed by atoms with E-state index in [9.17, 15) is 9.59 Å². The lowest BCUT2D eigenvalue weighted by Gasteiger charge is -2.11. The molecule has 0 aliphatic heterocycles. The standard InChI is InChI=1S/C18H19N5O3/c1-11-8-14(23-26-11)18(25)20-10-16(24)21-12(2)17-19-9-15(22-17)13-6-4-3-5-7-13/h3-9,12H,10H2,1-2H3,(H,19,22)(H,20,25)(H,21,24). The second kappa shape index (κ2) is 7.64. The molecular weight excluding hydrogens is 334 g/mol. The van der Waals surface area contributed by atoms with Crippen molar-refractivity contribution in [1.29, 1.82) is 0 Å². The summed E-state index contributed by atoms with van der Waals surface area (Å²) >= 11 is 0. The quantitative estimate of drug-likeness (QED) is 0.627. The number of rotatable bonds is 6. The van der Waals surface area contributed by atoms with Crippen molar-refractivity contribution in [3.8, 4) is 11.3 Å². The van der Waals surface area contributed by atoms with Gasteiger partial charge in [0.2, 0.25) is 5.91 Å². The van der Waals surface area contributed by atoms with Gasteiger partial charge in [-0.15, -0.1) is 0 Å². The van der Waals surface area contributed by atoms with Crippen LogP contribution in [0.25, 0.3) is 11.3 Å². The average Bonchev–Trinajstić information content (AvgIpc) is 3.30. The van der Waals surface area contributed by atoms with Crippen molar-refractivity contribution in [3.63, 3.8) is 0 Å². The molecule has 0 fully saturated rings. The lowest BCUT2D eigenvalue weighted by Crippen LogP contribution is -2.38. The van der Waals surface area contributed by atoms with E-state index in [-0.39, 0.29) is 24.2 Å². The van der Waals surface area contributed by atoms with E-state index >= 15 is 0 Å². The SMILES string of the molecule is Cc1cc(C(=O)NCC(=O)NC(C)c2ncc(-c3ccccc3)[nH]2)no1. The van der Waals surface area contributed by atoms with Crippen LogP contribution in [-0.2, 0) is 4.79 Å². The van der Waals surface area contributed by atoms with Gasteiger partial charge in [0.05, 0.1) is 24.5 Å². The summed E-state index contributed by atoms with van der Waals surface area (Å²) in [5, 5.41) is 8.88. The molecular formula is C18H19N5O3. The van der Waals surface area contributed by atoms with Crippen LogP contribution in [0.4, 0.5) is 0 Å². The van der Waals surface area contributed by atoms with Gasteiger partial charge in [0.15, 0.2) is 5.69 Å². The Hall–Kier alpha value is -3.42. The average molecular weight is 353 g/mol. The van der Waals surface area contributed by atoms with Gasteiger partial charge in [-0.05, 0) is 19.4 Å². The van der Waals surface area contributed by atoms with Crippen molar-refractivity contribution >= 4 is 11.8 Å². The van der Waals surface area contributed by atoms with Gasteiger partial charge in [-0.1, -0.05) is 35.5 Å². The minimum atomic E-state index is -0.464. The number of aryl methyl sites for hydroxylation is 1. The van der Waals surface area contributed by atoms with Crippen molar-refractivity contribution in [1.82, 2.24) is 25.8 Å². The fourth-order valence-electron chi connectivity index (χ4n) is 2.41. The summed E-state index contributed by atoms with van der Waals surface area (Å²) in [7, 11) is 0. The third kappa shape index (κ3) is 4.15. The minimum Gasteiger partial charge on any atom is -0.361 e. The molecule has 0 radical (unpaired) electrons. The Kier molecular flexibility index (Phi) is 5.12. The van der Waals surface area contributed by atoms with E-state index in [4.69, 9.17) is 4.52 Å². The number of nitrogens with zero attached hydrogens (tertiary/aromatic N) is 2. The molecule has 0 saturated carbocycles. The Balaban J connectivity index is 1.53. The minimum absolute atomic E-state index is 0.141. The number of benzene rings is 1. The van der Waals surface area contributed by atoms with E-state index in [0.717, 1.165) is 11.3 Å². The first-order valence-corrected chi connectivity index (χ1v) is 8.14. The van der Waals surface area contributed by atoms with Gasteiger partial charge >= 0.3 is 0 Å². The predicted octanol–water partition coefficient (Wildman–Crippen LogP) is 1.98. The third-order valence-electron chi connectivity index (χ3n) is 3.74. The van der Waals surface area contributed by atoms with Crippen molar-refractivity contribution < 1.29 is 14.1 Å². The molecule has 1 aromatic carbocycles. The van der Waals surface area contributed by atoms with Gasteiger partial charge in [0.1, 0.15) is 11.6 Å². The summed E-state index contributed by atoms with van der Waals surface area (Å²) in [5.41, 5.74) is 2.03. The van der Waals surface area contributed by atoms with Crippen LogP contribution in [-0.4, -0.2) is 33.5 Å². The zero-order valence-electron chi connectivity index (χ0n) is 14.4. The van der Waals surface area contributed by atoms with Gasteiger partial charge in [-0.2, -0.15) is 0 Å². The van der Waals surface area contributed by atoms with E-state index < -0.39 is 5.91 Å². The fourth-order valence-corrected chi connectivity index (χ4v) is 2.41. The Morgan fingerprint density at radius 1 is 1.27 bits per heavy atom. The number of amides is 2. The molecule has 3 aromatic rings. The Morgan fingerprint density at radius 3 is 2.73 bits per heavy atom. The molecule has 3 N–H and O–H groups in total. The van der Waals surface area contributed by atoms with Crippen LogP contribution in [0.15, 0.2) is 47.1 Å². The lowest BCUT2D eigenvalue weighted by atomic mass is 10.2. The number of carbonyl (C=O) groups is 2. The largest absolute Gasteiger partial charge is 0.361 e. The molecule has 26 heavy (non-hydrogen) atoms. The van der Waals surface area contributed by atoms with E-state index in [1.165, 1.54) is 6.07 Å². The van der Waals surface area contributed by atoms with E-state index in [1.54, 1.807) is 13.1 Å². The van der Waals surface area contributed by atoms with Crippen LogP contribution in [0.1, 0.15) is 35.0 Å². The molecule has 1 unspecified atom stereocenters. The molecule has 3 rings (SSSR count). The first-order chi connectivity index (χ1) is 12.5. The van der Waals surface area contributed by atoms with Crippen LogP contribution >= 0.6 is 0 Å². The Morgan fingerprint density at radius 2 is 2.04 bits per heavy atom. The second-order valence-corrected chi connectivity index (χ2v) is 5.84. The highest BCUT2D eigenvalue weighted by Crippen LogP contribution is 2.18.